The molecule has 2 aromatic heterocycles. The van der Waals surface area contributed by atoms with Crippen molar-refractivity contribution in [3.05, 3.63) is 47.7 Å². The minimum Gasteiger partial charge on any atom is -0.508 e. The molecule has 3 saturated heterocycles. The molecule has 7 rings (SSSR count). The zero-order chi connectivity index (χ0) is 31.5. The first-order valence-electron chi connectivity index (χ1n) is 15.4. The number of pyridine rings is 1. The van der Waals surface area contributed by atoms with Gasteiger partial charge in [-0.3, -0.25) is 9.88 Å². The van der Waals surface area contributed by atoms with Crippen molar-refractivity contribution in [2.75, 3.05) is 31.1 Å². The number of hydrogen-bond acceptors (Lipinski definition) is 8. The number of aliphatic hydroxyl groups excluding tert-OH is 1. The van der Waals surface area contributed by atoms with Gasteiger partial charge in [-0.25, -0.2) is 8.78 Å². The average molecular weight is 605 g/mol. The van der Waals surface area contributed by atoms with Gasteiger partial charge in [-0.1, -0.05) is 12.0 Å². The number of piperidine rings is 1. The van der Waals surface area contributed by atoms with E-state index in [0.29, 0.717) is 17.7 Å². The number of aromatic hydroxyl groups is 1. The van der Waals surface area contributed by atoms with Crippen LogP contribution in [-0.2, 0) is 0 Å². The van der Waals surface area contributed by atoms with Crippen molar-refractivity contribution in [2.24, 2.45) is 0 Å². The molecule has 0 bridgehead atoms. The minimum absolute atomic E-state index is 0.0803. The Morgan fingerprint density at radius 3 is 2.60 bits per heavy atom. The van der Waals surface area contributed by atoms with Gasteiger partial charge in [0, 0.05) is 34.6 Å². The second kappa shape index (κ2) is 11.1. The van der Waals surface area contributed by atoms with E-state index in [1.165, 1.54) is 30.5 Å². The first-order valence-corrected chi connectivity index (χ1v) is 15.4. The molecule has 1 unspecified atom stereocenters. The monoisotopic (exact) mass is 605 g/mol. The Hall–Kier alpha value is -3.94. The Morgan fingerprint density at radius 2 is 1.87 bits per heavy atom. The highest BCUT2D eigenvalue weighted by atomic mass is 19.1. The maximum atomic E-state index is 16.8. The van der Waals surface area contributed by atoms with Gasteiger partial charge in [0.05, 0.1) is 23.6 Å². The van der Waals surface area contributed by atoms with Gasteiger partial charge >= 0.3 is 6.01 Å². The fourth-order valence-electron chi connectivity index (χ4n) is 7.69. The number of terminal acetylenes is 1. The van der Waals surface area contributed by atoms with Crippen LogP contribution in [0, 0.1) is 24.0 Å². The fourth-order valence-corrected chi connectivity index (χ4v) is 7.69. The first kappa shape index (κ1) is 29.8. The summed E-state index contributed by atoms with van der Waals surface area (Å²) in [7, 11) is 13.5. The van der Waals surface area contributed by atoms with Crippen LogP contribution in [0.4, 0.5) is 14.6 Å². The van der Waals surface area contributed by atoms with Crippen LogP contribution in [0.5, 0.6) is 11.8 Å². The number of benzene rings is 2. The Labute approximate surface area is 262 Å². The van der Waals surface area contributed by atoms with Gasteiger partial charge in [0.2, 0.25) is 0 Å². The number of aromatic nitrogens is 3. The second-order valence-corrected chi connectivity index (χ2v) is 12.3. The summed E-state index contributed by atoms with van der Waals surface area (Å²) in [4.78, 5) is 17.8. The van der Waals surface area contributed by atoms with Crippen molar-refractivity contribution in [2.45, 2.75) is 61.9 Å². The normalized spacial score (nSPS) is 20.0. The lowest BCUT2D eigenvalue weighted by molar-refractivity contribution is 0.0507. The van der Waals surface area contributed by atoms with Gasteiger partial charge in [-0.2, -0.15) is 9.97 Å². The van der Waals surface area contributed by atoms with E-state index in [1.54, 1.807) is 0 Å². The number of rotatable bonds is 6. The molecule has 5 heterocycles. The average Bonchev–Trinajstić information content (AvgIpc) is 3.64. The van der Waals surface area contributed by atoms with E-state index >= 15 is 4.39 Å². The van der Waals surface area contributed by atoms with Crippen molar-refractivity contribution < 1.29 is 23.7 Å². The summed E-state index contributed by atoms with van der Waals surface area (Å²) in [6, 6.07) is 4.91. The van der Waals surface area contributed by atoms with E-state index < -0.39 is 22.6 Å². The van der Waals surface area contributed by atoms with Crippen LogP contribution >= 0.6 is 0 Å². The molecule has 3 aliphatic heterocycles. The summed E-state index contributed by atoms with van der Waals surface area (Å²) >= 11 is 0. The van der Waals surface area contributed by atoms with E-state index in [2.05, 4.69) is 20.8 Å². The quantitative estimate of drug-likeness (QED) is 0.250. The van der Waals surface area contributed by atoms with Crippen molar-refractivity contribution in [1.29, 1.82) is 0 Å². The lowest BCUT2D eigenvalue weighted by Crippen LogP contribution is -2.63. The molecule has 45 heavy (non-hydrogen) atoms. The van der Waals surface area contributed by atoms with Crippen molar-refractivity contribution in [3.63, 3.8) is 0 Å². The van der Waals surface area contributed by atoms with Gasteiger partial charge in [0.25, 0.3) is 0 Å². The van der Waals surface area contributed by atoms with E-state index in [-0.39, 0.29) is 57.5 Å². The predicted molar refractivity (Wildman–Crippen MR) is 170 cm³/mol. The molecule has 0 amide bonds. The highest BCUT2D eigenvalue weighted by Gasteiger charge is 2.54. The summed E-state index contributed by atoms with van der Waals surface area (Å²) in [5.41, 5.74) is -0.906. The van der Waals surface area contributed by atoms with Gasteiger partial charge in [0.1, 0.15) is 44.3 Å². The summed E-state index contributed by atoms with van der Waals surface area (Å²) < 4.78 is 37.9. The Balaban J connectivity index is 1.44. The highest BCUT2D eigenvalue weighted by molar-refractivity contribution is 6.40. The lowest BCUT2D eigenvalue weighted by atomic mass is 9.53. The fraction of sp³-hybridized carbons (Fsp3) is 0.424. The van der Waals surface area contributed by atoms with Gasteiger partial charge < -0.3 is 19.8 Å². The number of hydrogen-bond donors (Lipinski definition) is 2. The topological polar surface area (TPSA) is 94.8 Å². The summed E-state index contributed by atoms with van der Waals surface area (Å²) in [5, 5.41) is 20.0. The third-order valence-corrected chi connectivity index (χ3v) is 9.83. The van der Waals surface area contributed by atoms with Crippen LogP contribution in [-0.4, -0.2) is 89.0 Å². The van der Waals surface area contributed by atoms with E-state index in [4.69, 9.17) is 31.8 Å². The number of ether oxygens (including phenoxy) is 1. The molecule has 4 aromatic rings. The maximum absolute atomic E-state index is 16.8. The third kappa shape index (κ3) is 4.70. The summed E-state index contributed by atoms with van der Waals surface area (Å²) in [6.07, 6.45) is 13.0. The molecule has 2 aromatic carbocycles. The van der Waals surface area contributed by atoms with Crippen LogP contribution in [0.25, 0.3) is 32.9 Å². The summed E-state index contributed by atoms with van der Waals surface area (Å²) in [6.45, 7) is 2.16. The van der Waals surface area contributed by atoms with Crippen molar-refractivity contribution >= 4 is 43.2 Å². The molecular formula is C33H31B2F2N5O3. The number of halogens is 2. The number of nitrogens with zero attached hydrogens (tertiary/aromatic N) is 5. The molecule has 0 saturated carbocycles. The van der Waals surface area contributed by atoms with E-state index in [9.17, 15) is 14.6 Å². The Bertz CT molecular complexity index is 1860. The molecule has 8 nitrogen and oxygen atoms in total. The Morgan fingerprint density at radius 1 is 1.09 bits per heavy atom. The van der Waals surface area contributed by atoms with Gasteiger partial charge in [-0.05, 0) is 81.6 Å². The van der Waals surface area contributed by atoms with Crippen LogP contribution < -0.4 is 9.64 Å². The molecule has 4 radical (unpaired) electrons. The largest absolute Gasteiger partial charge is 0.508 e. The Kier molecular flexibility index (Phi) is 7.37. The number of fused-ring (bicyclic) bond motifs is 3. The van der Waals surface area contributed by atoms with Gasteiger partial charge in [-0.15, -0.1) is 6.42 Å². The lowest BCUT2D eigenvalue weighted by Gasteiger charge is -2.47. The number of phenols is 1. The molecule has 0 aliphatic carbocycles. The SMILES string of the molecule is [B]C([B])(Oc1nc(N2CCCCC2CO)c2cnc(-c3cc(O)cc4ccc(F)c(C#C)c34)c(F)c2n1)C12CCCN1CCC2. The van der Waals surface area contributed by atoms with Crippen molar-refractivity contribution in [1.82, 2.24) is 19.9 Å². The zero-order valence-corrected chi connectivity index (χ0v) is 24.8. The van der Waals surface area contributed by atoms with E-state index in [1.807, 2.05) is 4.90 Å². The smallest absolute Gasteiger partial charge is 0.318 e. The third-order valence-electron chi connectivity index (χ3n) is 9.83. The molecule has 0 spiro atoms. The molecular weight excluding hydrogens is 574 g/mol. The molecule has 3 fully saturated rings. The predicted octanol–water partition coefficient (Wildman–Crippen LogP) is 4.16. The summed E-state index contributed by atoms with van der Waals surface area (Å²) in [5.74, 6) is 1.01. The minimum atomic E-state index is -1.67. The molecule has 12 heteroatoms. The highest BCUT2D eigenvalue weighted by Crippen LogP contribution is 2.46. The van der Waals surface area contributed by atoms with Crippen LogP contribution in [0.3, 0.4) is 0 Å². The number of aliphatic hydroxyl groups is 1. The number of anilines is 1. The van der Waals surface area contributed by atoms with Crippen LogP contribution in [0.15, 0.2) is 30.5 Å². The molecule has 2 N–H and O–H groups in total. The maximum Gasteiger partial charge on any atom is 0.318 e. The molecule has 226 valence electrons. The van der Waals surface area contributed by atoms with Crippen LogP contribution in [0.2, 0.25) is 0 Å². The van der Waals surface area contributed by atoms with Gasteiger partial charge in [0.15, 0.2) is 5.82 Å². The standard InChI is InChI=1S/C33H31B2F2N5O3/c1-2-22-25(36)9-8-19-15-21(44)16-23(26(19)22)28-27(37)29-24(17-38-28)30(42-14-4-3-7-20(42)18-43)40-31(39-29)45-33(34,35)32-10-5-12-41(32)13-6-11-32/h1,8-9,15-17,20,43-44H,3-7,10-14,18H2. The van der Waals surface area contributed by atoms with E-state index in [0.717, 1.165) is 58.0 Å². The second-order valence-electron chi connectivity index (χ2n) is 12.3. The molecule has 1 atom stereocenters. The zero-order valence-electron chi connectivity index (χ0n) is 24.8. The van der Waals surface area contributed by atoms with Crippen LogP contribution in [0.1, 0.15) is 50.5 Å². The number of phenolic OH excluding ortho intramolecular Hbond substituents is 1. The molecule has 3 aliphatic rings. The first-order chi connectivity index (χ1) is 21.7. The van der Waals surface area contributed by atoms with Crippen molar-refractivity contribution in [3.8, 4) is 35.4 Å².